The Hall–Kier alpha value is -1.34. The van der Waals surface area contributed by atoms with Crippen molar-refractivity contribution < 1.29 is 0 Å². The van der Waals surface area contributed by atoms with E-state index in [4.69, 9.17) is 0 Å². The highest BCUT2D eigenvalue weighted by Crippen LogP contribution is 2.34. The molecule has 0 aliphatic carbocycles. The number of hydrogen-bond donors (Lipinski definition) is 0. The largest absolute Gasteiger partial charge is 0.354 e. The third kappa shape index (κ3) is 2.56. The Morgan fingerprint density at radius 3 is 2.17 bits per heavy atom. The van der Waals surface area contributed by atoms with Crippen molar-refractivity contribution in [1.82, 2.24) is 9.36 Å². The van der Waals surface area contributed by atoms with Crippen LogP contribution in [0.3, 0.4) is 0 Å². The molecular weight excluding hydrogens is 266 g/mol. The standard InChI is InChI=1S/C11H15N5S2/c1-6-7(2)15-18-9(6)13-14-10-8(3)12-11(17-10)16(4)5/h1-5H3. The first-order valence-corrected chi connectivity index (χ1v) is 7.07. The molecule has 2 aromatic heterocycles. The molecule has 2 heterocycles. The molecule has 7 heteroatoms. The van der Waals surface area contributed by atoms with Crippen LogP contribution in [0.4, 0.5) is 15.1 Å². The summed E-state index contributed by atoms with van der Waals surface area (Å²) in [7, 11) is 3.94. The van der Waals surface area contributed by atoms with Crippen LogP contribution in [0.5, 0.6) is 0 Å². The molecule has 0 aromatic carbocycles. The van der Waals surface area contributed by atoms with Gasteiger partial charge in [-0.25, -0.2) is 4.98 Å². The normalized spacial score (nSPS) is 11.4. The average Bonchev–Trinajstić information content (AvgIpc) is 2.83. The topological polar surface area (TPSA) is 53.7 Å². The fourth-order valence-electron chi connectivity index (χ4n) is 1.25. The first-order valence-electron chi connectivity index (χ1n) is 5.48. The molecule has 96 valence electrons. The van der Waals surface area contributed by atoms with Gasteiger partial charge in [-0.3, -0.25) is 0 Å². The van der Waals surface area contributed by atoms with Crippen molar-refractivity contribution in [1.29, 1.82) is 0 Å². The Kier molecular flexibility index (Phi) is 3.72. The van der Waals surface area contributed by atoms with Gasteiger partial charge in [0.2, 0.25) is 0 Å². The molecule has 2 aromatic rings. The van der Waals surface area contributed by atoms with Crippen molar-refractivity contribution >= 4 is 38.0 Å². The molecule has 0 amide bonds. The van der Waals surface area contributed by atoms with E-state index in [9.17, 15) is 0 Å². The van der Waals surface area contributed by atoms with Gasteiger partial charge in [0.05, 0.1) is 11.4 Å². The van der Waals surface area contributed by atoms with E-state index in [1.165, 1.54) is 22.9 Å². The summed E-state index contributed by atoms with van der Waals surface area (Å²) in [6.45, 7) is 5.94. The zero-order valence-corrected chi connectivity index (χ0v) is 12.7. The average molecular weight is 281 g/mol. The van der Waals surface area contributed by atoms with Crippen LogP contribution in [0.2, 0.25) is 0 Å². The summed E-state index contributed by atoms with van der Waals surface area (Å²) < 4.78 is 4.25. The van der Waals surface area contributed by atoms with Crippen molar-refractivity contribution in [2.24, 2.45) is 10.2 Å². The van der Waals surface area contributed by atoms with E-state index in [0.717, 1.165) is 32.1 Å². The van der Waals surface area contributed by atoms with Gasteiger partial charge in [-0.1, -0.05) is 11.3 Å². The minimum atomic E-state index is 0.851. The number of rotatable bonds is 3. The van der Waals surface area contributed by atoms with Crippen molar-refractivity contribution in [3.8, 4) is 0 Å². The summed E-state index contributed by atoms with van der Waals surface area (Å²) in [5.41, 5.74) is 3.02. The molecule has 0 aliphatic rings. The van der Waals surface area contributed by atoms with Crippen molar-refractivity contribution in [3.05, 3.63) is 17.0 Å². The van der Waals surface area contributed by atoms with Gasteiger partial charge in [0.1, 0.15) is 0 Å². The Labute approximate surface area is 114 Å². The lowest BCUT2D eigenvalue weighted by Gasteiger charge is -2.04. The lowest BCUT2D eigenvalue weighted by atomic mass is 10.3. The van der Waals surface area contributed by atoms with Crippen LogP contribution in [-0.4, -0.2) is 23.5 Å². The highest BCUT2D eigenvalue weighted by molar-refractivity contribution is 7.19. The van der Waals surface area contributed by atoms with Gasteiger partial charge < -0.3 is 4.90 Å². The molecule has 0 unspecified atom stereocenters. The lowest BCUT2D eigenvalue weighted by Crippen LogP contribution is -2.07. The SMILES string of the molecule is Cc1nc(N(C)C)sc1N=Nc1snc(C)c1C. The zero-order chi connectivity index (χ0) is 13.3. The van der Waals surface area contributed by atoms with Crippen LogP contribution >= 0.6 is 22.9 Å². The Morgan fingerprint density at radius 2 is 1.67 bits per heavy atom. The van der Waals surface area contributed by atoms with E-state index in [2.05, 4.69) is 19.6 Å². The minimum absolute atomic E-state index is 0.851. The summed E-state index contributed by atoms with van der Waals surface area (Å²) >= 11 is 2.92. The van der Waals surface area contributed by atoms with Crippen molar-refractivity contribution in [3.63, 3.8) is 0 Å². The predicted octanol–water partition coefficient (Wildman–Crippen LogP) is 4.01. The molecule has 0 fully saturated rings. The summed E-state index contributed by atoms with van der Waals surface area (Å²) in [5.74, 6) is 0. The maximum atomic E-state index is 4.43. The number of hydrogen-bond acceptors (Lipinski definition) is 7. The van der Waals surface area contributed by atoms with Crippen LogP contribution < -0.4 is 4.90 Å². The molecule has 2 rings (SSSR count). The van der Waals surface area contributed by atoms with Crippen LogP contribution in [0.15, 0.2) is 10.2 Å². The molecule has 0 aliphatic heterocycles. The number of azo groups is 1. The molecule has 0 radical (unpaired) electrons. The Bertz CT molecular complexity index is 582. The highest BCUT2D eigenvalue weighted by atomic mass is 32.1. The first-order chi connectivity index (χ1) is 8.49. The van der Waals surface area contributed by atoms with Gasteiger partial charge in [-0.2, -0.15) is 4.37 Å². The minimum Gasteiger partial charge on any atom is -0.354 e. The second kappa shape index (κ2) is 5.11. The Balaban J connectivity index is 2.26. The molecule has 0 saturated carbocycles. The van der Waals surface area contributed by atoms with Gasteiger partial charge in [-0.05, 0) is 32.3 Å². The number of thiazole rings is 1. The number of aromatic nitrogens is 2. The van der Waals surface area contributed by atoms with Gasteiger partial charge in [0, 0.05) is 19.7 Å². The van der Waals surface area contributed by atoms with Crippen LogP contribution in [-0.2, 0) is 0 Å². The number of aryl methyl sites for hydroxylation is 2. The molecule has 0 spiro atoms. The van der Waals surface area contributed by atoms with Gasteiger partial charge >= 0.3 is 0 Å². The van der Waals surface area contributed by atoms with E-state index in [1.54, 1.807) is 0 Å². The van der Waals surface area contributed by atoms with Crippen LogP contribution in [0.1, 0.15) is 17.0 Å². The number of anilines is 1. The third-order valence-electron chi connectivity index (χ3n) is 2.51. The lowest BCUT2D eigenvalue weighted by molar-refractivity contribution is 1.08. The smallest absolute Gasteiger partial charge is 0.187 e. The summed E-state index contributed by atoms with van der Waals surface area (Å²) in [5, 5.41) is 11.2. The van der Waals surface area contributed by atoms with E-state index in [0.29, 0.717) is 0 Å². The van der Waals surface area contributed by atoms with Crippen LogP contribution in [0.25, 0.3) is 0 Å². The number of nitrogens with zero attached hydrogens (tertiary/aromatic N) is 5. The van der Waals surface area contributed by atoms with Gasteiger partial charge in [0.25, 0.3) is 0 Å². The van der Waals surface area contributed by atoms with E-state index in [1.807, 2.05) is 39.8 Å². The fourth-order valence-corrected chi connectivity index (χ4v) is 2.78. The van der Waals surface area contributed by atoms with Crippen molar-refractivity contribution in [2.75, 3.05) is 19.0 Å². The molecule has 0 N–H and O–H groups in total. The van der Waals surface area contributed by atoms with Gasteiger partial charge in [0.15, 0.2) is 15.1 Å². The molecular formula is C11H15N5S2. The molecule has 0 saturated heterocycles. The van der Waals surface area contributed by atoms with E-state index >= 15 is 0 Å². The predicted molar refractivity (Wildman–Crippen MR) is 76.9 cm³/mol. The second-order valence-electron chi connectivity index (χ2n) is 4.18. The van der Waals surface area contributed by atoms with E-state index < -0.39 is 0 Å². The molecule has 0 atom stereocenters. The Morgan fingerprint density at radius 1 is 1.00 bits per heavy atom. The molecule has 18 heavy (non-hydrogen) atoms. The maximum absolute atomic E-state index is 4.43. The van der Waals surface area contributed by atoms with E-state index in [-0.39, 0.29) is 0 Å². The maximum Gasteiger partial charge on any atom is 0.187 e. The summed E-state index contributed by atoms with van der Waals surface area (Å²) in [6.07, 6.45) is 0. The van der Waals surface area contributed by atoms with Crippen LogP contribution in [0, 0.1) is 20.8 Å². The fraction of sp³-hybridized carbons (Fsp3) is 0.455. The zero-order valence-electron chi connectivity index (χ0n) is 11.1. The molecule has 0 bridgehead atoms. The second-order valence-corrected chi connectivity index (χ2v) is 5.89. The molecule has 5 nitrogen and oxygen atoms in total. The van der Waals surface area contributed by atoms with Gasteiger partial charge in [-0.15, -0.1) is 10.2 Å². The first kappa shape index (κ1) is 13.1. The third-order valence-corrected chi connectivity index (χ3v) is 4.64. The summed E-state index contributed by atoms with van der Waals surface area (Å²) in [4.78, 5) is 6.40. The quantitative estimate of drug-likeness (QED) is 0.799. The monoisotopic (exact) mass is 281 g/mol. The summed E-state index contributed by atoms with van der Waals surface area (Å²) in [6, 6.07) is 0. The highest BCUT2D eigenvalue weighted by Gasteiger charge is 2.09. The van der Waals surface area contributed by atoms with Crippen molar-refractivity contribution in [2.45, 2.75) is 20.8 Å².